The average molecular weight is 424 g/mol. The quantitative estimate of drug-likeness (QED) is 0.572. The van der Waals surface area contributed by atoms with E-state index in [-0.39, 0.29) is 5.91 Å². The van der Waals surface area contributed by atoms with Crippen molar-refractivity contribution in [2.75, 3.05) is 18.1 Å². The van der Waals surface area contributed by atoms with Gasteiger partial charge in [-0.05, 0) is 35.7 Å². The molecule has 0 saturated heterocycles. The van der Waals surface area contributed by atoms with Gasteiger partial charge in [-0.25, -0.2) is 0 Å². The smallest absolute Gasteiger partial charge is 0.230 e. The molecule has 2 nitrogen and oxygen atoms in total. The van der Waals surface area contributed by atoms with Crippen molar-refractivity contribution < 1.29 is 4.79 Å². The molecule has 24 heavy (non-hydrogen) atoms. The molecule has 1 N–H and O–H groups in total. The largest absolute Gasteiger partial charge is 0.355 e. The summed E-state index contributed by atoms with van der Waals surface area (Å²) in [7, 11) is 0. The molecule has 0 bridgehead atoms. The first-order valence-electron chi connectivity index (χ1n) is 7.86. The lowest BCUT2D eigenvalue weighted by Gasteiger charge is -2.07. The van der Waals surface area contributed by atoms with Crippen LogP contribution in [0.25, 0.3) is 0 Å². The number of nitrogens with one attached hydrogen (secondary N) is 1. The van der Waals surface area contributed by atoms with Gasteiger partial charge in [-0.2, -0.15) is 11.8 Å². The van der Waals surface area contributed by atoms with Crippen molar-refractivity contribution in [3.63, 3.8) is 0 Å². The highest BCUT2D eigenvalue weighted by molar-refractivity contribution is 9.10. The van der Waals surface area contributed by atoms with Crippen molar-refractivity contribution in [3.05, 3.63) is 69.7 Å². The van der Waals surface area contributed by atoms with Crippen molar-refractivity contribution >= 4 is 45.4 Å². The molecule has 5 heteroatoms. The van der Waals surface area contributed by atoms with E-state index >= 15 is 0 Å². The van der Waals surface area contributed by atoms with Gasteiger partial charge in [0.1, 0.15) is 0 Å². The Labute approximate surface area is 161 Å². The fourth-order valence-electron chi connectivity index (χ4n) is 2.16. The van der Waals surface area contributed by atoms with Gasteiger partial charge in [0.2, 0.25) is 5.91 Å². The number of carbonyl (C=O) groups excluding carboxylic acids is 1. The predicted octanol–water partition coefficient (Wildman–Crippen LogP) is 5.04. The number of rotatable bonds is 9. The molecule has 0 aromatic heterocycles. The number of benzene rings is 2. The van der Waals surface area contributed by atoms with Gasteiger partial charge in [0.15, 0.2) is 0 Å². The maximum atomic E-state index is 11.8. The second-order valence-corrected chi connectivity index (χ2v) is 8.46. The highest BCUT2D eigenvalue weighted by Crippen LogP contribution is 2.17. The van der Waals surface area contributed by atoms with E-state index in [0.29, 0.717) is 5.75 Å². The number of carbonyl (C=O) groups is 1. The van der Waals surface area contributed by atoms with Gasteiger partial charge < -0.3 is 5.32 Å². The standard InChI is InChI=1S/C19H22BrNOS2/c1-15-5-2-3-7-17(15)13-23-10-9-21-19(22)14-24-12-16-6-4-8-18(20)11-16/h2-8,11H,9-10,12-14H2,1H3,(H,21,22). The Hall–Kier alpha value is -0.910. The van der Waals surface area contributed by atoms with Gasteiger partial charge in [0.25, 0.3) is 0 Å². The molecule has 0 spiro atoms. The topological polar surface area (TPSA) is 29.1 Å². The predicted molar refractivity (Wildman–Crippen MR) is 111 cm³/mol. The molecule has 0 unspecified atom stereocenters. The average Bonchev–Trinajstić information content (AvgIpc) is 2.56. The minimum atomic E-state index is 0.117. The molecule has 2 aromatic rings. The van der Waals surface area contributed by atoms with Crippen LogP contribution in [-0.2, 0) is 16.3 Å². The van der Waals surface area contributed by atoms with Crippen LogP contribution in [0.2, 0.25) is 0 Å². The Morgan fingerprint density at radius 3 is 2.71 bits per heavy atom. The molecule has 1 amide bonds. The Morgan fingerprint density at radius 2 is 1.92 bits per heavy atom. The summed E-state index contributed by atoms with van der Waals surface area (Å²) in [6.07, 6.45) is 0. The molecule has 0 aliphatic rings. The van der Waals surface area contributed by atoms with E-state index in [0.717, 1.165) is 28.3 Å². The van der Waals surface area contributed by atoms with Gasteiger partial charge in [-0.15, -0.1) is 11.8 Å². The number of hydrogen-bond acceptors (Lipinski definition) is 3. The zero-order valence-corrected chi connectivity index (χ0v) is 17.0. The number of halogens is 1. The van der Waals surface area contributed by atoms with Gasteiger partial charge in [-0.1, -0.05) is 52.3 Å². The Morgan fingerprint density at radius 1 is 1.08 bits per heavy atom. The molecular weight excluding hydrogens is 402 g/mol. The Kier molecular flexibility index (Phi) is 8.78. The van der Waals surface area contributed by atoms with Crippen LogP contribution in [0.3, 0.4) is 0 Å². The molecular formula is C19H22BrNOS2. The van der Waals surface area contributed by atoms with E-state index in [9.17, 15) is 4.79 Å². The van der Waals surface area contributed by atoms with Crippen LogP contribution in [0.1, 0.15) is 16.7 Å². The summed E-state index contributed by atoms with van der Waals surface area (Å²) in [6, 6.07) is 16.6. The number of hydrogen-bond donors (Lipinski definition) is 1. The maximum Gasteiger partial charge on any atom is 0.230 e. The molecule has 0 aliphatic heterocycles. The van der Waals surface area contributed by atoms with Crippen LogP contribution in [-0.4, -0.2) is 24.0 Å². The SMILES string of the molecule is Cc1ccccc1CSCCNC(=O)CSCc1cccc(Br)c1. The fraction of sp³-hybridized carbons (Fsp3) is 0.316. The summed E-state index contributed by atoms with van der Waals surface area (Å²) < 4.78 is 1.08. The summed E-state index contributed by atoms with van der Waals surface area (Å²) in [6.45, 7) is 2.87. The van der Waals surface area contributed by atoms with Crippen molar-refractivity contribution in [1.82, 2.24) is 5.32 Å². The zero-order valence-electron chi connectivity index (χ0n) is 13.8. The van der Waals surface area contributed by atoms with Gasteiger partial charge in [0, 0.05) is 28.3 Å². The maximum absolute atomic E-state index is 11.8. The number of aryl methyl sites for hydroxylation is 1. The Balaban J connectivity index is 1.54. The van der Waals surface area contributed by atoms with Crippen LogP contribution in [0.5, 0.6) is 0 Å². The lowest BCUT2D eigenvalue weighted by atomic mass is 10.1. The molecule has 2 rings (SSSR count). The van der Waals surface area contributed by atoms with E-state index in [2.05, 4.69) is 64.6 Å². The number of amides is 1. The van der Waals surface area contributed by atoms with Crippen LogP contribution in [0.15, 0.2) is 53.0 Å². The highest BCUT2D eigenvalue weighted by Gasteiger charge is 2.02. The second kappa shape index (κ2) is 10.9. The first kappa shape index (κ1) is 19.4. The van der Waals surface area contributed by atoms with E-state index in [4.69, 9.17) is 0 Å². The third-order valence-corrected chi connectivity index (χ3v) is 5.98. The van der Waals surface area contributed by atoms with Crippen LogP contribution >= 0.6 is 39.5 Å². The van der Waals surface area contributed by atoms with E-state index in [1.165, 1.54) is 16.7 Å². The third kappa shape index (κ3) is 7.32. The van der Waals surface area contributed by atoms with Crippen LogP contribution < -0.4 is 5.32 Å². The summed E-state index contributed by atoms with van der Waals surface area (Å²) in [5, 5.41) is 2.99. The lowest BCUT2D eigenvalue weighted by molar-refractivity contribution is -0.118. The minimum absolute atomic E-state index is 0.117. The highest BCUT2D eigenvalue weighted by atomic mass is 79.9. The molecule has 0 aliphatic carbocycles. The van der Waals surface area contributed by atoms with E-state index in [1.54, 1.807) is 11.8 Å². The van der Waals surface area contributed by atoms with Crippen molar-refractivity contribution in [3.8, 4) is 0 Å². The first-order valence-corrected chi connectivity index (χ1v) is 11.0. The van der Waals surface area contributed by atoms with Crippen molar-refractivity contribution in [1.29, 1.82) is 0 Å². The van der Waals surface area contributed by atoms with Crippen LogP contribution in [0, 0.1) is 6.92 Å². The van der Waals surface area contributed by atoms with E-state index in [1.807, 2.05) is 23.9 Å². The molecule has 0 heterocycles. The molecule has 0 radical (unpaired) electrons. The fourth-order valence-corrected chi connectivity index (χ4v) is 4.34. The van der Waals surface area contributed by atoms with Crippen molar-refractivity contribution in [2.24, 2.45) is 0 Å². The second-order valence-electron chi connectivity index (χ2n) is 5.45. The van der Waals surface area contributed by atoms with Crippen LogP contribution in [0.4, 0.5) is 0 Å². The number of thioether (sulfide) groups is 2. The molecule has 128 valence electrons. The minimum Gasteiger partial charge on any atom is -0.355 e. The zero-order chi connectivity index (χ0) is 17.2. The lowest BCUT2D eigenvalue weighted by Crippen LogP contribution is -2.27. The summed E-state index contributed by atoms with van der Waals surface area (Å²) in [5.74, 6) is 3.42. The summed E-state index contributed by atoms with van der Waals surface area (Å²) in [4.78, 5) is 11.8. The van der Waals surface area contributed by atoms with Gasteiger partial charge >= 0.3 is 0 Å². The Bertz CT molecular complexity index is 663. The summed E-state index contributed by atoms with van der Waals surface area (Å²) in [5.41, 5.74) is 3.94. The summed E-state index contributed by atoms with van der Waals surface area (Å²) >= 11 is 6.97. The first-order chi connectivity index (χ1) is 11.6. The molecule has 2 aromatic carbocycles. The van der Waals surface area contributed by atoms with E-state index < -0.39 is 0 Å². The van der Waals surface area contributed by atoms with Crippen molar-refractivity contribution in [2.45, 2.75) is 18.4 Å². The third-order valence-electron chi connectivity index (χ3n) is 3.48. The van der Waals surface area contributed by atoms with Gasteiger partial charge in [0.05, 0.1) is 5.75 Å². The molecule has 0 fully saturated rings. The molecule has 0 atom stereocenters. The monoisotopic (exact) mass is 423 g/mol. The molecule has 0 saturated carbocycles. The van der Waals surface area contributed by atoms with Gasteiger partial charge in [-0.3, -0.25) is 4.79 Å². The normalized spacial score (nSPS) is 10.6.